The highest BCUT2D eigenvalue weighted by Gasteiger charge is 2.32. The fourth-order valence-corrected chi connectivity index (χ4v) is 3.32. The van der Waals surface area contributed by atoms with Gasteiger partial charge in [0.05, 0.1) is 30.6 Å². The van der Waals surface area contributed by atoms with Crippen molar-refractivity contribution >= 4 is 15.7 Å². The number of nitrogens with one attached hydrogen (secondary N) is 1. The molecular weight excluding hydrogens is 232 g/mol. The smallest absolute Gasteiger partial charge is 0.224 e. The first-order valence-corrected chi connectivity index (χ1v) is 7.13. The van der Waals surface area contributed by atoms with Crippen molar-refractivity contribution in [1.82, 2.24) is 5.32 Å². The molecule has 94 valence electrons. The zero-order chi connectivity index (χ0) is 12.0. The molecule has 1 fully saturated rings. The van der Waals surface area contributed by atoms with Gasteiger partial charge in [0.15, 0.2) is 9.84 Å². The van der Waals surface area contributed by atoms with Crippen molar-refractivity contribution < 1.29 is 17.9 Å². The van der Waals surface area contributed by atoms with E-state index in [9.17, 15) is 13.2 Å². The van der Waals surface area contributed by atoms with Crippen LogP contribution in [0.3, 0.4) is 0 Å². The average molecular weight is 250 g/mol. The molecule has 1 heterocycles. The van der Waals surface area contributed by atoms with Crippen LogP contribution in [-0.4, -0.2) is 52.1 Å². The van der Waals surface area contributed by atoms with Crippen LogP contribution in [0, 0.1) is 5.92 Å². The monoisotopic (exact) mass is 250 g/mol. The van der Waals surface area contributed by atoms with Crippen LogP contribution in [0.5, 0.6) is 0 Å². The Balaban J connectivity index is 2.16. The minimum absolute atomic E-state index is 0.0253. The summed E-state index contributed by atoms with van der Waals surface area (Å²) in [5.74, 6) is -0.492. The van der Waals surface area contributed by atoms with Crippen LogP contribution in [0.15, 0.2) is 0 Å². The van der Waals surface area contributed by atoms with Crippen molar-refractivity contribution in [2.24, 2.45) is 11.7 Å². The first kappa shape index (κ1) is 13.4. The molecule has 0 aromatic heterocycles. The Morgan fingerprint density at radius 2 is 2.19 bits per heavy atom. The van der Waals surface area contributed by atoms with Crippen LogP contribution in [0.25, 0.3) is 0 Å². The second-order valence-electron chi connectivity index (χ2n) is 3.79. The maximum Gasteiger partial charge on any atom is 0.224 e. The van der Waals surface area contributed by atoms with Gasteiger partial charge in [0.1, 0.15) is 0 Å². The third-order valence-corrected chi connectivity index (χ3v) is 4.18. The van der Waals surface area contributed by atoms with Crippen molar-refractivity contribution in [2.45, 2.75) is 6.42 Å². The van der Waals surface area contributed by atoms with E-state index in [0.29, 0.717) is 32.7 Å². The fourth-order valence-electron chi connectivity index (χ4n) is 1.58. The van der Waals surface area contributed by atoms with E-state index in [2.05, 4.69) is 5.32 Å². The van der Waals surface area contributed by atoms with Gasteiger partial charge in [-0.25, -0.2) is 8.42 Å². The number of ether oxygens (including phenoxy) is 1. The summed E-state index contributed by atoms with van der Waals surface area (Å²) in [5.41, 5.74) is 5.22. The lowest BCUT2D eigenvalue weighted by Gasteiger charge is -2.09. The van der Waals surface area contributed by atoms with Gasteiger partial charge < -0.3 is 15.8 Å². The van der Waals surface area contributed by atoms with Crippen LogP contribution in [0.1, 0.15) is 6.42 Å². The SMILES string of the molecule is NCCOCCNC(=O)C1CCS(=O)(=O)C1. The van der Waals surface area contributed by atoms with Crippen molar-refractivity contribution in [3.8, 4) is 0 Å². The molecule has 1 rings (SSSR count). The van der Waals surface area contributed by atoms with Crippen LogP contribution >= 0.6 is 0 Å². The van der Waals surface area contributed by atoms with E-state index in [1.54, 1.807) is 0 Å². The van der Waals surface area contributed by atoms with Gasteiger partial charge in [0.2, 0.25) is 5.91 Å². The topological polar surface area (TPSA) is 98.5 Å². The predicted molar refractivity (Wildman–Crippen MR) is 59.6 cm³/mol. The lowest BCUT2D eigenvalue weighted by Crippen LogP contribution is -2.34. The van der Waals surface area contributed by atoms with Gasteiger partial charge in [0.25, 0.3) is 0 Å². The highest BCUT2D eigenvalue weighted by atomic mass is 32.2. The maximum absolute atomic E-state index is 11.5. The van der Waals surface area contributed by atoms with Crippen molar-refractivity contribution in [3.63, 3.8) is 0 Å². The summed E-state index contributed by atoms with van der Waals surface area (Å²) in [6.07, 6.45) is 0.428. The van der Waals surface area contributed by atoms with E-state index in [-0.39, 0.29) is 23.3 Å². The van der Waals surface area contributed by atoms with Crippen LogP contribution in [-0.2, 0) is 19.4 Å². The molecule has 1 amide bonds. The third-order valence-electron chi connectivity index (χ3n) is 2.41. The Kier molecular flexibility index (Phi) is 5.17. The van der Waals surface area contributed by atoms with E-state index in [0.717, 1.165) is 0 Å². The predicted octanol–water partition coefficient (Wildman–Crippen LogP) is -1.49. The number of nitrogens with two attached hydrogens (primary N) is 1. The van der Waals surface area contributed by atoms with Crippen molar-refractivity contribution in [2.75, 3.05) is 37.8 Å². The average Bonchev–Trinajstić information content (AvgIpc) is 2.58. The fraction of sp³-hybridized carbons (Fsp3) is 0.889. The number of carbonyl (C=O) groups is 1. The Hall–Kier alpha value is -0.660. The lowest BCUT2D eigenvalue weighted by molar-refractivity contribution is -0.124. The molecule has 0 bridgehead atoms. The number of hydrogen-bond acceptors (Lipinski definition) is 5. The van der Waals surface area contributed by atoms with Gasteiger partial charge in [0, 0.05) is 13.1 Å². The second-order valence-corrected chi connectivity index (χ2v) is 6.02. The summed E-state index contributed by atoms with van der Waals surface area (Å²) in [5, 5.41) is 2.65. The number of sulfone groups is 1. The van der Waals surface area contributed by atoms with Crippen molar-refractivity contribution in [1.29, 1.82) is 0 Å². The standard InChI is InChI=1S/C9H18N2O4S/c10-2-4-15-5-3-11-9(12)8-1-6-16(13,14)7-8/h8H,1-7,10H2,(H,11,12). The molecule has 6 nitrogen and oxygen atoms in total. The molecule has 1 atom stereocenters. The summed E-state index contributed by atoms with van der Waals surface area (Å²) in [6.45, 7) is 1.72. The number of amides is 1. The van der Waals surface area contributed by atoms with Gasteiger partial charge in [-0.15, -0.1) is 0 Å². The molecule has 16 heavy (non-hydrogen) atoms. The Morgan fingerprint density at radius 3 is 2.75 bits per heavy atom. The molecule has 0 radical (unpaired) electrons. The van der Waals surface area contributed by atoms with Crippen LogP contribution in [0.2, 0.25) is 0 Å². The molecule has 3 N–H and O–H groups in total. The molecule has 1 aliphatic heterocycles. The van der Waals surface area contributed by atoms with E-state index < -0.39 is 9.84 Å². The minimum atomic E-state index is -2.99. The molecule has 1 saturated heterocycles. The first-order chi connectivity index (χ1) is 7.55. The normalized spacial score (nSPS) is 23.2. The summed E-state index contributed by atoms with van der Waals surface area (Å²) in [7, 11) is -2.99. The van der Waals surface area contributed by atoms with Gasteiger partial charge in [-0.05, 0) is 6.42 Å². The highest BCUT2D eigenvalue weighted by Crippen LogP contribution is 2.18. The molecule has 1 unspecified atom stereocenters. The molecular formula is C9H18N2O4S. The van der Waals surface area contributed by atoms with E-state index in [1.807, 2.05) is 0 Å². The maximum atomic E-state index is 11.5. The molecule has 0 aromatic carbocycles. The summed E-state index contributed by atoms with van der Waals surface area (Å²) in [6, 6.07) is 0. The lowest BCUT2D eigenvalue weighted by atomic mass is 10.1. The van der Waals surface area contributed by atoms with E-state index in [1.165, 1.54) is 0 Å². The quantitative estimate of drug-likeness (QED) is 0.560. The largest absolute Gasteiger partial charge is 0.378 e. The molecule has 7 heteroatoms. The molecule has 0 saturated carbocycles. The Labute approximate surface area is 95.4 Å². The second kappa shape index (κ2) is 6.17. The zero-order valence-electron chi connectivity index (χ0n) is 9.15. The third kappa shape index (κ3) is 4.46. The molecule has 0 spiro atoms. The minimum Gasteiger partial charge on any atom is -0.378 e. The van der Waals surface area contributed by atoms with E-state index in [4.69, 9.17) is 10.5 Å². The van der Waals surface area contributed by atoms with Gasteiger partial charge in [-0.1, -0.05) is 0 Å². The molecule has 0 aromatic rings. The molecule has 0 aliphatic carbocycles. The van der Waals surface area contributed by atoms with Gasteiger partial charge >= 0.3 is 0 Å². The van der Waals surface area contributed by atoms with E-state index >= 15 is 0 Å². The summed E-state index contributed by atoms with van der Waals surface area (Å²) < 4.78 is 27.4. The Morgan fingerprint density at radius 1 is 1.44 bits per heavy atom. The first-order valence-electron chi connectivity index (χ1n) is 5.31. The highest BCUT2D eigenvalue weighted by molar-refractivity contribution is 7.91. The number of rotatable bonds is 6. The van der Waals surface area contributed by atoms with Crippen molar-refractivity contribution in [3.05, 3.63) is 0 Å². The number of carbonyl (C=O) groups excluding carboxylic acids is 1. The summed E-state index contributed by atoms with van der Waals surface area (Å²) >= 11 is 0. The van der Waals surface area contributed by atoms with Gasteiger partial charge in [-0.3, -0.25) is 4.79 Å². The van der Waals surface area contributed by atoms with Crippen LogP contribution < -0.4 is 11.1 Å². The Bertz CT molecular complexity index is 328. The summed E-state index contributed by atoms with van der Waals surface area (Å²) in [4.78, 5) is 11.5. The molecule has 1 aliphatic rings. The zero-order valence-corrected chi connectivity index (χ0v) is 9.96. The van der Waals surface area contributed by atoms with Gasteiger partial charge in [-0.2, -0.15) is 0 Å². The number of hydrogen-bond donors (Lipinski definition) is 2. The van der Waals surface area contributed by atoms with Crippen LogP contribution in [0.4, 0.5) is 0 Å².